The Kier molecular flexibility index (Phi) is 10.2. The maximum Gasteiger partial charge on any atom is 0.242 e. The van der Waals surface area contributed by atoms with Crippen LogP contribution < -0.4 is 10.5 Å². The molecular formula is C27H43N5O3. The second-order valence-electron chi connectivity index (χ2n) is 9.51. The van der Waals surface area contributed by atoms with E-state index < -0.39 is 0 Å². The van der Waals surface area contributed by atoms with Crippen LogP contribution in [0.4, 0.5) is 5.69 Å². The van der Waals surface area contributed by atoms with Crippen LogP contribution in [0.1, 0.15) is 77.7 Å². The third-order valence-corrected chi connectivity index (χ3v) is 7.06. The Labute approximate surface area is 210 Å². The summed E-state index contributed by atoms with van der Waals surface area (Å²) >= 11 is 0. The van der Waals surface area contributed by atoms with Crippen LogP contribution in [0.3, 0.4) is 0 Å². The highest BCUT2D eigenvalue weighted by molar-refractivity contribution is 5.88. The van der Waals surface area contributed by atoms with E-state index in [9.17, 15) is 9.59 Å². The van der Waals surface area contributed by atoms with Crippen LogP contribution in [0, 0.1) is 0 Å². The summed E-state index contributed by atoms with van der Waals surface area (Å²) in [5.74, 6) is 1.41. The van der Waals surface area contributed by atoms with Gasteiger partial charge >= 0.3 is 0 Å². The molecule has 0 aromatic heterocycles. The molecule has 194 valence electrons. The summed E-state index contributed by atoms with van der Waals surface area (Å²) in [5.41, 5.74) is 7.91. The summed E-state index contributed by atoms with van der Waals surface area (Å²) in [6.07, 6.45) is 8.15. The van der Waals surface area contributed by atoms with Crippen molar-refractivity contribution in [3.8, 4) is 5.75 Å². The number of likely N-dealkylation sites (N-methyl/N-ethyl adjacent to an activating group) is 1. The Hall–Kier alpha value is -2.77. The fourth-order valence-electron chi connectivity index (χ4n) is 4.96. The van der Waals surface area contributed by atoms with Gasteiger partial charge in [0.25, 0.3) is 0 Å². The van der Waals surface area contributed by atoms with Crippen LogP contribution in [-0.2, 0) is 16.1 Å². The van der Waals surface area contributed by atoms with E-state index in [1.54, 1.807) is 9.80 Å². The molecular weight excluding hydrogens is 442 g/mol. The number of hydrogen-bond donors (Lipinski definition) is 1. The zero-order chi connectivity index (χ0) is 25.2. The first-order valence-electron chi connectivity index (χ1n) is 13.4. The van der Waals surface area contributed by atoms with Gasteiger partial charge in [0.05, 0.1) is 12.3 Å². The van der Waals surface area contributed by atoms with Crippen molar-refractivity contribution in [1.29, 1.82) is 0 Å². The predicted octanol–water partition coefficient (Wildman–Crippen LogP) is 4.05. The molecule has 0 radical (unpaired) electrons. The average molecular weight is 486 g/mol. The average Bonchev–Trinajstić information content (AvgIpc) is 3.38. The third-order valence-electron chi connectivity index (χ3n) is 7.06. The number of guanidine groups is 1. The Bertz CT molecular complexity index is 878. The first-order chi connectivity index (χ1) is 17.0. The van der Waals surface area contributed by atoms with E-state index in [1.165, 1.54) is 12.8 Å². The second-order valence-corrected chi connectivity index (χ2v) is 9.51. The van der Waals surface area contributed by atoms with Gasteiger partial charge in [-0.05, 0) is 57.7 Å². The molecule has 1 fully saturated rings. The van der Waals surface area contributed by atoms with Crippen molar-refractivity contribution in [1.82, 2.24) is 14.7 Å². The third kappa shape index (κ3) is 7.36. The molecule has 0 saturated heterocycles. The zero-order valence-corrected chi connectivity index (χ0v) is 21.8. The van der Waals surface area contributed by atoms with Gasteiger partial charge in [-0.2, -0.15) is 0 Å². The van der Waals surface area contributed by atoms with Gasteiger partial charge in [-0.15, -0.1) is 0 Å². The molecule has 2 N–H and O–H groups in total. The highest BCUT2D eigenvalue weighted by Crippen LogP contribution is 2.29. The van der Waals surface area contributed by atoms with Crippen LogP contribution in [0.25, 0.3) is 0 Å². The lowest BCUT2D eigenvalue weighted by Crippen LogP contribution is -2.46. The van der Waals surface area contributed by atoms with Crippen molar-refractivity contribution in [2.45, 2.75) is 84.7 Å². The van der Waals surface area contributed by atoms with Crippen molar-refractivity contribution in [2.75, 3.05) is 32.8 Å². The van der Waals surface area contributed by atoms with E-state index in [2.05, 4.69) is 16.8 Å². The predicted molar refractivity (Wildman–Crippen MR) is 140 cm³/mol. The highest BCUT2D eigenvalue weighted by atomic mass is 16.5. The quantitative estimate of drug-likeness (QED) is 0.426. The smallest absolute Gasteiger partial charge is 0.242 e. The standard InChI is InChI=1S/C27H43N5O3/c1-4-7-16-32(22-11-8-9-12-22)25(33)13-10-17-35-23-14-15-24-21(18-23)19-31(27(28)29-24)20-26(34)30(5-2)6-3/h14-15,18,22H,4-13,16-17,19-20H2,1-3H3,(H2,28,29). The monoisotopic (exact) mass is 485 g/mol. The van der Waals surface area contributed by atoms with Crippen LogP contribution in [-0.4, -0.2) is 71.3 Å². The van der Waals surface area contributed by atoms with E-state index in [0.717, 1.165) is 49.2 Å². The number of nitrogens with two attached hydrogens (primary N) is 1. The number of benzene rings is 1. The molecule has 3 rings (SSSR count). The molecule has 2 aliphatic rings. The fourth-order valence-corrected chi connectivity index (χ4v) is 4.96. The summed E-state index contributed by atoms with van der Waals surface area (Å²) in [6, 6.07) is 6.19. The fraction of sp³-hybridized carbons (Fsp3) is 0.667. The van der Waals surface area contributed by atoms with Crippen LogP contribution in [0.15, 0.2) is 23.2 Å². The number of unbranched alkanes of at least 4 members (excludes halogenated alkanes) is 1. The van der Waals surface area contributed by atoms with E-state index in [4.69, 9.17) is 10.5 Å². The number of aliphatic imine (C=N–C) groups is 1. The molecule has 0 spiro atoms. The van der Waals surface area contributed by atoms with Gasteiger partial charge in [0, 0.05) is 44.2 Å². The topological polar surface area (TPSA) is 91.5 Å². The zero-order valence-electron chi connectivity index (χ0n) is 21.8. The van der Waals surface area contributed by atoms with Gasteiger partial charge in [-0.1, -0.05) is 26.2 Å². The van der Waals surface area contributed by atoms with E-state index in [1.807, 2.05) is 32.0 Å². The Balaban J connectivity index is 1.51. The van der Waals surface area contributed by atoms with Gasteiger partial charge in [-0.25, -0.2) is 4.99 Å². The minimum Gasteiger partial charge on any atom is -0.494 e. The van der Waals surface area contributed by atoms with Crippen molar-refractivity contribution in [2.24, 2.45) is 10.7 Å². The van der Waals surface area contributed by atoms with Gasteiger partial charge in [-0.3, -0.25) is 9.59 Å². The van der Waals surface area contributed by atoms with Crippen molar-refractivity contribution in [3.63, 3.8) is 0 Å². The number of nitrogens with zero attached hydrogens (tertiary/aromatic N) is 4. The molecule has 2 amide bonds. The molecule has 35 heavy (non-hydrogen) atoms. The number of hydrogen-bond acceptors (Lipinski definition) is 6. The van der Waals surface area contributed by atoms with Gasteiger partial charge < -0.3 is 25.2 Å². The molecule has 1 saturated carbocycles. The minimum absolute atomic E-state index is 0.0410. The summed E-state index contributed by atoms with van der Waals surface area (Å²) in [5, 5.41) is 0. The summed E-state index contributed by atoms with van der Waals surface area (Å²) in [6.45, 7) is 9.56. The number of ether oxygens (including phenoxy) is 1. The molecule has 1 heterocycles. The molecule has 0 atom stereocenters. The SMILES string of the molecule is CCCCN(C(=O)CCCOc1ccc2c(c1)CN(CC(=O)N(CC)CC)C(N)=N2)C1CCCC1. The highest BCUT2D eigenvalue weighted by Gasteiger charge is 2.26. The Morgan fingerprint density at radius 3 is 2.54 bits per heavy atom. The molecule has 1 aromatic rings. The Morgan fingerprint density at radius 2 is 1.86 bits per heavy atom. The molecule has 0 bridgehead atoms. The number of amides is 2. The number of carbonyl (C=O) groups excluding carboxylic acids is 2. The normalized spacial score (nSPS) is 15.5. The van der Waals surface area contributed by atoms with Gasteiger partial charge in [0.2, 0.25) is 11.8 Å². The molecule has 8 nitrogen and oxygen atoms in total. The van der Waals surface area contributed by atoms with Crippen molar-refractivity contribution < 1.29 is 14.3 Å². The molecule has 1 aromatic carbocycles. The minimum atomic E-state index is 0.0410. The second kappa shape index (κ2) is 13.4. The summed E-state index contributed by atoms with van der Waals surface area (Å²) < 4.78 is 5.98. The number of fused-ring (bicyclic) bond motifs is 1. The summed E-state index contributed by atoms with van der Waals surface area (Å²) in [7, 11) is 0. The maximum atomic E-state index is 12.9. The van der Waals surface area contributed by atoms with E-state index >= 15 is 0 Å². The maximum absolute atomic E-state index is 12.9. The molecule has 0 unspecified atom stereocenters. The van der Waals surface area contributed by atoms with E-state index in [-0.39, 0.29) is 18.4 Å². The van der Waals surface area contributed by atoms with Gasteiger partial charge in [0.15, 0.2) is 5.96 Å². The Morgan fingerprint density at radius 1 is 1.11 bits per heavy atom. The van der Waals surface area contributed by atoms with Crippen molar-refractivity contribution >= 4 is 23.5 Å². The summed E-state index contributed by atoms with van der Waals surface area (Å²) in [4.78, 5) is 35.6. The van der Waals surface area contributed by atoms with Crippen LogP contribution >= 0.6 is 0 Å². The van der Waals surface area contributed by atoms with E-state index in [0.29, 0.717) is 51.1 Å². The lowest BCUT2D eigenvalue weighted by atomic mass is 10.1. The number of carbonyl (C=O) groups is 2. The van der Waals surface area contributed by atoms with Crippen molar-refractivity contribution in [3.05, 3.63) is 23.8 Å². The largest absolute Gasteiger partial charge is 0.494 e. The molecule has 1 aliphatic carbocycles. The first-order valence-corrected chi connectivity index (χ1v) is 13.4. The number of rotatable bonds is 13. The molecule has 8 heteroatoms. The van der Waals surface area contributed by atoms with Gasteiger partial charge in [0.1, 0.15) is 12.3 Å². The first kappa shape index (κ1) is 26.8. The lowest BCUT2D eigenvalue weighted by Gasteiger charge is -2.30. The lowest BCUT2D eigenvalue weighted by molar-refractivity contribution is -0.134. The van der Waals surface area contributed by atoms with Crippen LogP contribution in [0.2, 0.25) is 0 Å². The van der Waals surface area contributed by atoms with Crippen LogP contribution in [0.5, 0.6) is 5.75 Å². The molecule has 1 aliphatic heterocycles.